The van der Waals surface area contributed by atoms with Crippen LogP contribution in [0.3, 0.4) is 0 Å². The van der Waals surface area contributed by atoms with Crippen molar-refractivity contribution in [2.75, 3.05) is 0 Å². The number of halogens is 1. The molecular formula is C10H8IN5. The second-order valence-electron chi connectivity index (χ2n) is 3.46. The molecule has 0 aliphatic carbocycles. The maximum Gasteiger partial charge on any atom is 0.212 e. The first kappa shape index (κ1) is 9.76. The molecule has 16 heavy (non-hydrogen) atoms. The largest absolute Gasteiger partial charge is 0.275 e. The number of rotatable bonds is 1. The van der Waals surface area contributed by atoms with E-state index in [9.17, 15) is 0 Å². The lowest BCUT2D eigenvalue weighted by Crippen LogP contribution is -1.92. The molecule has 0 aliphatic heterocycles. The third-order valence-corrected chi connectivity index (χ3v) is 2.79. The van der Waals surface area contributed by atoms with Crippen LogP contribution in [0.4, 0.5) is 0 Å². The van der Waals surface area contributed by atoms with Gasteiger partial charge >= 0.3 is 0 Å². The van der Waals surface area contributed by atoms with Crippen molar-refractivity contribution in [1.82, 2.24) is 24.4 Å². The van der Waals surface area contributed by atoms with Crippen molar-refractivity contribution in [2.45, 2.75) is 0 Å². The lowest BCUT2D eigenvalue weighted by atomic mass is 10.2. The van der Waals surface area contributed by atoms with Crippen molar-refractivity contribution in [1.29, 1.82) is 0 Å². The van der Waals surface area contributed by atoms with Gasteiger partial charge in [-0.05, 0) is 12.1 Å². The van der Waals surface area contributed by atoms with E-state index in [0.717, 1.165) is 20.7 Å². The van der Waals surface area contributed by atoms with Crippen molar-refractivity contribution in [2.24, 2.45) is 7.05 Å². The van der Waals surface area contributed by atoms with E-state index < -0.39 is 0 Å². The van der Waals surface area contributed by atoms with Gasteiger partial charge in [0.25, 0.3) is 0 Å². The molecule has 5 nitrogen and oxygen atoms in total. The summed E-state index contributed by atoms with van der Waals surface area (Å²) in [6.07, 6.45) is 3.78. The summed E-state index contributed by atoms with van der Waals surface area (Å²) < 4.78 is 4.35. The zero-order valence-corrected chi connectivity index (χ0v) is 10.7. The van der Waals surface area contributed by atoms with Gasteiger partial charge in [-0.2, -0.15) is 5.10 Å². The van der Waals surface area contributed by atoms with E-state index in [1.165, 1.54) is 0 Å². The van der Waals surface area contributed by atoms with Gasteiger partial charge in [-0.1, -0.05) is 6.07 Å². The Morgan fingerprint density at radius 2 is 2.19 bits per heavy atom. The molecule has 0 atom stereocenters. The molecule has 0 aliphatic rings. The molecule has 3 aromatic rings. The molecule has 0 amide bonds. The number of fused-ring (bicyclic) bond motifs is 1. The summed E-state index contributed by atoms with van der Waals surface area (Å²) in [5.41, 5.74) is 2.89. The molecule has 0 N–H and O–H groups in total. The molecular weight excluding hydrogens is 317 g/mol. The maximum absolute atomic E-state index is 4.35. The second kappa shape index (κ2) is 3.55. The van der Waals surface area contributed by atoms with E-state index in [4.69, 9.17) is 0 Å². The Kier molecular flexibility index (Phi) is 2.16. The van der Waals surface area contributed by atoms with Crippen LogP contribution in [-0.4, -0.2) is 24.4 Å². The van der Waals surface area contributed by atoms with Gasteiger partial charge < -0.3 is 0 Å². The molecule has 3 aromatic heterocycles. The van der Waals surface area contributed by atoms with Crippen molar-refractivity contribution in [3.63, 3.8) is 0 Å². The highest BCUT2D eigenvalue weighted by molar-refractivity contribution is 14.1. The summed E-state index contributed by atoms with van der Waals surface area (Å²) in [4.78, 5) is 4.32. The number of hydrogen-bond acceptors (Lipinski definition) is 3. The van der Waals surface area contributed by atoms with Gasteiger partial charge in [0.05, 0.1) is 11.9 Å². The Morgan fingerprint density at radius 3 is 2.94 bits per heavy atom. The highest BCUT2D eigenvalue weighted by atomic mass is 127. The van der Waals surface area contributed by atoms with E-state index in [2.05, 4.69) is 37.8 Å². The maximum atomic E-state index is 4.35. The normalized spacial score (nSPS) is 11.1. The molecule has 6 heteroatoms. The summed E-state index contributed by atoms with van der Waals surface area (Å²) in [5, 5.41) is 8.51. The zero-order valence-electron chi connectivity index (χ0n) is 8.50. The highest BCUT2D eigenvalue weighted by Crippen LogP contribution is 2.19. The van der Waals surface area contributed by atoms with Gasteiger partial charge in [0.15, 0.2) is 5.65 Å². The molecule has 0 spiro atoms. The van der Waals surface area contributed by atoms with Gasteiger partial charge in [-0.3, -0.25) is 4.68 Å². The van der Waals surface area contributed by atoms with Crippen molar-refractivity contribution >= 4 is 28.2 Å². The summed E-state index contributed by atoms with van der Waals surface area (Å²) in [7, 11) is 1.90. The molecule has 0 radical (unpaired) electrons. The van der Waals surface area contributed by atoms with E-state index >= 15 is 0 Å². The van der Waals surface area contributed by atoms with Crippen LogP contribution >= 0.6 is 22.6 Å². The van der Waals surface area contributed by atoms with E-state index in [1.54, 1.807) is 4.68 Å². The molecule has 0 fully saturated rings. The van der Waals surface area contributed by atoms with E-state index in [1.807, 2.05) is 42.2 Å². The summed E-state index contributed by atoms with van der Waals surface area (Å²) in [6, 6.07) is 5.92. The standard InChI is InChI=1S/C10H8IN5/c1-15-6-7(5-12-15)8-3-2-4-9-13-10(11)14-16(8)9/h2-6H,1H3. The summed E-state index contributed by atoms with van der Waals surface area (Å²) >= 11 is 2.11. The Hall–Kier alpha value is -1.44. The minimum Gasteiger partial charge on any atom is -0.275 e. The Bertz CT molecular complexity index is 654. The Balaban J connectivity index is 2.30. The van der Waals surface area contributed by atoms with Gasteiger partial charge in [0.2, 0.25) is 3.83 Å². The second-order valence-corrected chi connectivity index (χ2v) is 4.43. The molecule has 3 heterocycles. The Morgan fingerprint density at radius 1 is 1.31 bits per heavy atom. The average Bonchev–Trinajstić information content (AvgIpc) is 2.82. The predicted molar refractivity (Wildman–Crippen MR) is 67.9 cm³/mol. The molecule has 0 unspecified atom stereocenters. The van der Waals surface area contributed by atoms with Crippen LogP contribution in [0, 0.1) is 3.83 Å². The van der Waals surface area contributed by atoms with E-state index in [-0.39, 0.29) is 0 Å². The first-order valence-corrected chi connectivity index (χ1v) is 5.82. The van der Waals surface area contributed by atoms with Crippen LogP contribution < -0.4 is 0 Å². The zero-order chi connectivity index (χ0) is 11.1. The molecule has 80 valence electrons. The van der Waals surface area contributed by atoms with Crippen LogP contribution in [0.25, 0.3) is 16.9 Å². The molecule has 0 bridgehead atoms. The van der Waals surface area contributed by atoms with Gasteiger partial charge in [0, 0.05) is 41.4 Å². The lowest BCUT2D eigenvalue weighted by Gasteiger charge is -1.99. The molecule has 0 aromatic carbocycles. The summed E-state index contributed by atoms with van der Waals surface area (Å²) in [6.45, 7) is 0. The van der Waals surface area contributed by atoms with Gasteiger partial charge in [-0.25, -0.2) is 9.50 Å². The fraction of sp³-hybridized carbons (Fsp3) is 0.100. The monoisotopic (exact) mass is 325 g/mol. The number of nitrogens with zero attached hydrogens (tertiary/aromatic N) is 5. The van der Waals surface area contributed by atoms with Crippen LogP contribution in [0.15, 0.2) is 30.6 Å². The third-order valence-electron chi connectivity index (χ3n) is 2.33. The van der Waals surface area contributed by atoms with Crippen molar-refractivity contribution in [3.8, 4) is 11.3 Å². The average molecular weight is 325 g/mol. The lowest BCUT2D eigenvalue weighted by molar-refractivity contribution is 0.768. The third kappa shape index (κ3) is 1.49. The van der Waals surface area contributed by atoms with E-state index in [0.29, 0.717) is 0 Å². The first-order chi connectivity index (χ1) is 7.74. The number of aryl methyl sites for hydroxylation is 1. The molecule has 3 rings (SSSR count). The topological polar surface area (TPSA) is 48.0 Å². The smallest absolute Gasteiger partial charge is 0.212 e. The Labute approximate surface area is 105 Å². The minimum absolute atomic E-state index is 0.744. The van der Waals surface area contributed by atoms with Crippen molar-refractivity contribution < 1.29 is 0 Å². The van der Waals surface area contributed by atoms with Crippen LogP contribution in [0.2, 0.25) is 0 Å². The first-order valence-electron chi connectivity index (χ1n) is 4.74. The number of hydrogen-bond donors (Lipinski definition) is 0. The predicted octanol–water partition coefficient (Wildman–Crippen LogP) is 1.73. The SMILES string of the molecule is Cn1cc(-c2cccc3nc(I)nn23)cn1. The molecule has 0 saturated carbocycles. The quantitative estimate of drug-likeness (QED) is 0.640. The fourth-order valence-electron chi connectivity index (χ4n) is 1.65. The number of pyridine rings is 1. The van der Waals surface area contributed by atoms with Crippen molar-refractivity contribution in [3.05, 3.63) is 34.4 Å². The van der Waals surface area contributed by atoms with Crippen LogP contribution in [0.5, 0.6) is 0 Å². The summed E-state index contributed by atoms with van der Waals surface area (Å²) in [5.74, 6) is 0. The number of aromatic nitrogens is 5. The minimum atomic E-state index is 0.744. The van der Waals surface area contributed by atoms with Gasteiger partial charge in [-0.15, -0.1) is 5.10 Å². The molecule has 0 saturated heterocycles. The van der Waals surface area contributed by atoms with Gasteiger partial charge in [0.1, 0.15) is 0 Å². The van der Waals surface area contributed by atoms with Crippen LogP contribution in [-0.2, 0) is 7.05 Å². The van der Waals surface area contributed by atoms with Crippen LogP contribution in [0.1, 0.15) is 0 Å². The highest BCUT2D eigenvalue weighted by Gasteiger charge is 2.08. The fourth-order valence-corrected chi connectivity index (χ4v) is 2.11.